The van der Waals surface area contributed by atoms with Gasteiger partial charge in [-0.15, -0.1) is 0 Å². The monoisotopic (exact) mass is 410 g/mol. The van der Waals surface area contributed by atoms with Crippen LogP contribution >= 0.6 is 0 Å². The van der Waals surface area contributed by atoms with E-state index in [0.717, 1.165) is 5.56 Å². The summed E-state index contributed by atoms with van der Waals surface area (Å²) >= 11 is 0. The van der Waals surface area contributed by atoms with Gasteiger partial charge in [0, 0.05) is 51.2 Å². The maximum absolute atomic E-state index is 13.2. The van der Waals surface area contributed by atoms with Crippen molar-refractivity contribution in [1.29, 1.82) is 0 Å². The number of carbonyl (C=O) groups excluding carboxylic acids is 3. The van der Waals surface area contributed by atoms with Crippen LogP contribution in [0, 0.1) is 12.3 Å². The highest BCUT2D eigenvalue weighted by atomic mass is 16.4. The van der Waals surface area contributed by atoms with Crippen molar-refractivity contribution in [3.63, 3.8) is 0 Å². The van der Waals surface area contributed by atoms with Gasteiger partial charge in [-0.05, 0) is 37.0 Å². The van der Waals surface area contributed by atoms with Gasteiger partial charge in [-0.25, -0.2) is 0 Å². The summed E-state index contributed by atoms with van der Waals surface area (Å²) in [4.78, 5) is 41.1. The number of carbonyl (C=O) groups is 3. The van der Waals surface area contributed by atoms with Gasteiger partial charge in [0.25, 0.3) is 11.8 Å². The molecule has 6 nitrogen and oxygen atoms in total. The second-order valence-corrected chi connectivity index (χ2v) is 9.01. The number of amides is 2. The van der Waals surface area contributed by atoms with E-state index >= 15 is 0 Å². The first-order valence-electron chi connectivity index (χ1n) is 10.3. The number of rotatable bonds is 5. The zero-order valence-electron chi connectivity index (χ0n) is 18.7. The molecule has 0 saturated carbocycles. The third-order valence-corrected chi connectivity index (χ3v) is 5.62. The van der Waals surface area contributed by atoms with Gasteiger partial charge in [-0.1, -0.05) is 26.0 Å². The summed E-state index contributed by atoms with van der Waals surface area (Å²) in [7, 11) is 3.43. The summed E-state index contributed by atoms with van der Waals surface area (Å²) in [6.45, 7) is 8.68. The molecule has 30 heavy (non-hydrogen) atoms. The van der Waals surface area contributed by atoms with Gasteiger partial charge in [0.15, 0.2) is 11.5 Å². The topological polar surface area (TPSA) is 70.8 Å². The van der Waals surface area contributed by atoms with E-state index in [9.17, 15) is 14.4 Å². The summed E-state index contributed by atoms with van der Waals surface area (Å²) in [5.41, 5.74) is 2.59. The Morgan fingerprint density at radius 1 is 1.07 bits per heavy atom. The Morgan fingerprint density at radius 2 is 1.70 bits per heavy atom. The smallest absolute Gasteiger partial charge is 0.290 e. The summed E-state index contributed by atoms with van der Waals surface area (Å²) in [6.07, 6.45) is 1.11. The number of fused-ring (bicyclic) bond motifs is 1. The van der Waals surface area contributed by atoms with Crippen molar-refractivity contribution in [3.8, 4) is 0 Å². The van der Waals surface area contributed by atoms with Crippen molar-refractivity contribution in [2.45, 2.75) is 47.1 Å². The van der Waals surface area contributed by atoms with Crippen molar-refractivity contribution < 1.29 is 18.8 Å². The quantitative estimate of drug-likeness (QED) is 0.744. The van der Waals surface area contributed by atoms with Gasteiger partial charge in [0.2, 0.25) is 0 Å². The van der Waals surface area contributed by atoms with E-state index in [2.05, 4.69) is 0 Å². The Hall–Kier alpha value is -2.89. The lowest BCUT2D eigenvalue weighted by Crippen LogP contribution is -2.30. The van der Waals surface area contributed by atoms with E-state index in [4.69, 9.17) is 4.42 Å². The Labute approximate surface area is 177 Å². The number of ketones is 1. The van der Waals surface area contributed by atoms with Gasteiger partial charge in [-0.2, -0.15) is 0 Å². The predicted molar refractivity (Wildman–Crippen MR) is 115 cm³/mol. The molecule has 0 N–H and O–H groups in total. The molecule has 2 amide bonds. The van der Waals surface area contributed by atoms with E-state index in [1.165, 1.54) is 4.90 Å². The second-order valence-electron chi connectivity index (χ2n) is 9.01. The van der Waals surface area contributed by atoms with Crippen molar-refractivity contribution in [1.82, 2.24) is 9.80 Å². The minimum Gasteiger partial charge on any atom is -0.455 e. The number of nitrogens with zero attached hydrogens (tertiary/aromatic N) is 2. The molecule has 0 fully saturated rings. The van der Waals surface area contributed by atoms with E-state index in [-0.39, 0.29) is 28.8 Å². The average Bonchev–Trinajstić information content (AvgIpc) is 3.00. The molecule has 0 atom stereocenters. The van der Waals surface area contributed by atoms with Gasteiger partial charge in [-0.3, -0.25) is 14.4 Å². The molecular weight excluding hydrogens is 380 g/mol. The fraction of sp³-hybridized carbons (Fsp3) is 0.458. The molecule has 1 heterocycles. The van der Waals surface area contributed by atoms with Crippen LogP contribution in [-0.4, -0.2) is 48.0 Å². The molecule has 1 aliphatic carbocycles. The fourth-order valence-corrected chi connectivity index (χ4v) is 3.99. The largest absolute Gasteiger partial charge is 0.455 e. The molecule has 0 radical (unpaired) electrons. The van der Waals surface area contributed by atoms with Crippen LogP contribution in [0.3, 0.4) is 0 Å². The van der Waals surface area contributed by atoms with Gasteiger partial charge in [0.05, 0.1) is 5.56 Å². The van der Waals surface area contributed by atoms with E-state index in [0.29, 0.717) is 48.4 Å². The van der Waals surface area contributed by atoms with Crippen molar-refractivity contribution >= 4 is 17.6 Å². The van der Waals surface area contributed by atoms with Crippen LogP contribution in [0.1, 0.15) is 75.3 Å². The zero-order chi connectivity index (χ0) is 22.2. The average molecular weight is 411 g/mol. The molecule has 160 valence electrons. The molecule has 1 aliphatic rings. The lowest BCUT2D eigenvalue weighted by atomic mass is 9.76. The fourth-order valence-electron chi connectivity index (χ4n) is 3.99. The third kappa shape index (κ3) is 4.18. The lowest BCUT2D eigenvalue weighted by molar-refractivity contribution is 0.0713. The third-order valence-electron chi connectivity index (χ3n) is 5.62. The molecule has 2 aromatic rings. The maximum atomic E-state index is 13.2. The second kappa shape index (κ2) is 8.09. The number of hydrogen-bond acceptors (Lipinski definition) is 4. The molecule has 1 aromatic heterocycles. The maximum Gasteiger partial charge on any atom is 0.290 e. The minimum atomic E-state index is -0.219. The predicted octanol–water partition coefficient (Wildman–Crippen LogP) is 4.11. The standard InChI is InChI=1S/C24H30N2O4/c1-7-26(14-16-8-10-17(11-9-16)22(28)25(5)6)23(29)21-15(2)20-18(27)12-24(3,4)13-19(20)30-21/h8-11H,7,12-14H2,1-6H3. The Kier molecular flexibility index (Phi) is 5.88. The molecular formula is C24H30N2O4. The van der Waals surface area contributed by atoms with Crippen molar-refractivity contribution in [3.05, 3.63) is 58.0 Å². The van der Waals surface area contributed by atoms with Gasteiger partial charge in [0.1, 0.15) is 5.76 Å². The van der Waals surface area contributed by atoms with Crippen LogP contribution in [0.4, 0.5) is 0 Å². The highest BCUT2D eigenvalue weighted by Crippen LogP contribution is 2.38. The number of Topliss-reactive ketones (excluding diaryl/α,β-unsaturated/α-hetero) is 1. The summed E-state index contributed by atoms with van der Waals surface area (Å²) in [5, 5.41) is 0. The Bertz CT molecular complexity index is 983. The first kappa shape index (κ1) is 21.8. The molecule has 3 rings (SSSR count). The first-order valence-corrected chi connectivity index (χ1v) is 10.3. The summed E-state index contributed by atoms with van der Waals surface area (Å²) in [5.74, 6) is 0.649. The summed E-state index contributed by atoms with van der Waals surface area (Å²) in [6, 6.07) is 7.26. The van der Waals surface area contributed by atoms with E-state index in [1.54, 1.807) is 38.1 Å². The minimum absolute atomic E-state index is 0.0470. The number of furan rings is 1. The zero-order valence-corrected chi connectivity index (χ0v) is 18.7. The van der Waals surface area contributed by atoms with Crippen LogP contribution in [0.25, 0.3) is 0 Å². The van der Waals surface area contributed by atoms with Gasteiger partial charge >= 0.3 is 0 Å². The molecule has 1 aromatic carbocycles. The lowest BCUT2D eigenvalue weighted by Gasteiger charge is -2.27. The van der Waals surface area contributed by atoms with E-state index in [1.807, 2.05) is 32.9 Å². The van der Waals surface area contributed by atoms with Crippen LogP contribution in [0.5, 0.6) is 0 Å². The van der Waals surface area contributed by atoms with Crippen LogP contribution in [0.2, 0.25) is 0 Å². The van der Waals surface area contributed by atoms with Gasteiger partial charge < -0.3 is 14.2 Å². The highest BCUT2D eigenvalue weighted by Gasteiger charge is 2.37. The number of benzene rings is 1. The molecule has 0 saturated heterocycles. The van der Waals surface area contributed by atoms with Crippen LogP contribution in [-0.2, 0) is 13.0 Å². The molecule has 6 heteroatoms. The molecule has 0 aliphatic heterocycles. The van der Waals surface area contributed by atoms with Crippen LogP contribution in [0.15, 0.2) is 28.7 Å². The van der Waals surface area contributed by atoms with Crippen LogP contribution < -0.4 is 0 Å². The SMILES string of the molecule is CCN(Cc1ccc(C(=O)N(C)C)cc1)C(=O)c1oc2c(c1C)C(=O)CC(C)(C)C2. The molecule has 0 unspecified atom stereocenters. The first-order chi connectivity index (χ1) is 14.0. The van der Waals surface area contributed by atoms with Crippen molar-refractivity contribution in [2.75, 3.05) is 20.6 Å². The van der Waals surface area contributed by atoms with E-state index < -0.39 is 0 Å². The summed E-state index contributed by atoms with van der Waals surface area (Å²) < 4.78 is 5.94. The number of hydrogen-bond donors (Lipinski definition) is 0. The Balaban J connectivity index is 1.82. The molecule has 0 spiro atoms. The Morgan fingerprint density at radius 3 is 2.27 bits per heavy atom. The van der Waals surface area contributed by atoms with Crippen molar-refractivity contribution in [2.24, 2.45) is 5.41 Å². The highest BCUT2D eigenvalue weighted by molar-refractivity contribution is 6.03. The molecule has 0 bridgehead atoms. The normalized spacial score (nSPS) is 14.9.